The van der Waals surface area contributed by atoms with Crippen LogP contribution in [0.4, 0.5) is 0 Å². The number of hydrogen-bond donors (Lipinski definition) is 0. The van der Waals surface area contributed by atoms with Gasteiger partial charge in [-0.25, -0.2) is 4.98 Å². The number of para-hydroxylation sites is 1. The average molecular weight is 624 g/mol. The minimum atomic E-state index is 0. The van der Waals surface area contributed by atoms with Crippen LogP contribution in [0.5, 0.6) is 11.6 Å². The van der Waals surface area contributed by atoms with E-state index in [0.717, 1.165) is 44.6 Å². The molecule has 0 atom stereocenters. The number of nitrogens with zero attached hydrogens (tertiary/aromatic N) is 4. The molecule has 0 fully saturated rings. The molecule has 3 aromatic carbocycles. The summed E-state index contributed by atoms with van der Waals surface area (Å²) in [6.45, 7) is 4.05. The van der Waals surface area contributed by atoms with Crippen molar-refractivity contribution in [2.24, 2.45) is 0 Å². The fourth-order valence-corrected chi connectivity index (χ4v) is 4.28. The van der Waals surface area contributed by atoms with Crippen molar-refractivity contribution < 1.29 is 25.8 Å². The van der Waals surface area contributed by atoms with Crippen molar-refractivity contribution in [3.8, 4) is 23.0 Å². The number of hydrogen-bond acceptors (Lipinski definition) is 3. The molecule has 168 valence electrons. The van der Waals surface area contributed by atoms with E-state index in [2.05, 4.69) is 70.1 Å². The van der Waals surface area contributed by atoms with Crippen LogP contribution >= 0.6 is 0 Å². The van der Waals surface area contributed by atoms with Crippen molar-refractivity contribution in [2.75, 3.05) is 0 Å². The van der Waals surface area contributed by atoms with Gasteiger partial charge in [-0.05, 0) is 43.1 Å². The number of aryl methyl sites for hydroxylation is 2. The number of fused-ring (bicyclic) bond motifs is 3. The number of ether oxygens (including phenoxy) is 1. The molecule has 0 bridgehead atoms. The SMILES string of the molecule is Cc1cc(C)n(-c2[c-]c(-n3c4[c-]c(Oc5ccccn5)ccc4c4ccccc43)ccc2)n1.[Pt+2]. The number of benzene rings is 3. The summed E-state index contributed by atoms with van der Waals surface area (Å²) in [7, 11) is 0. The molecule has 0 aliphatic rings. The van der Waals surface area contributed by atoms with Crippen LogP contribution in [0.25, 0.3) is 33.2 Å². The summed E-state index contributed by atoms with van der Waals surface area (Å²) in [6, 6.07) is 33.2. The Morgan fingerprint density at radius 3 is 2.41 bits per heavy atom. The molecule has 6 aromatic rings. The van der Waals surface area contributed by atoms with Gasteiger partial charge in [0.25, 0.3) is 0 Å². The molecule has 0 aliphatic heterocycles. The van der Waals surface area contributed by atoms with E-state index < -0.39 is 0 Å². The molecule has 3 heterocycles. The van der Waals surface area contributed by atoms with Crippen LogP contribution < -0.4 is 4.74 Å². The van der Waals surface area contributed by atoms with Gasteiger partial charge in [0.1, 0.15) is 0 Å². The first kappa shape index (κ1) is 22.1. The van der Waals surface area contributed by atoms with Gasteiger partial charge < -0.3 is 9.30 Å². The van der Waals surface area contributed by atoms with Crippen molar-refractivity contribution in [2.45, 2.75) is 13.8 Å². The molecule has 0 saturated carbocycles. The van der Waals surface area contributed by atoms with E-state index in [0.29, 0.717) is 11.6 Å². The van der Waals surface area contributed by atoms with Crippen molar-refractivity contribution in [3.05, 3.63) is 109 Å². The van der Waals surface area contributed by atoms with E-state index in [1.54, 1.807) is 6.20 Å². The quantitative estimate of drug-likeness (QED) is 0.215. The zero-order valence-electron chi connectivity index (χ0n) is 18.6. The maximum absolute atomic E-state index is 5.98. The fraction of sp³-hybridized carbons (Fsp3) is 0.0714. The summed E-state index contributed by atoms with van der Waals surface area (Å²) in [5.41, 5.74) is 5.86. The van der Waals surface area contributed by atoms with E-state index in [4.69, 9.17) is 4.74 Å². The second-order valence-electron chi connectivity index (χ2n) is 7.97. The summed E-state index contributed by atoms with van der Waals surface area (Å²) in [6.07, 6.45) is 1.71. The fourth-order valence-electron chi connectivity index (χ4n) is 4.28. The molecule has 0 radical (unpaired) electrons. The van der Waals surface area contributed by atoms with Crippen molar-refractivity contribution >= 4 is 21.8 Å². The van der Waals surface area contributed by atoms with Gasteiger partial charge in [-0.2, -0.15) is 17.2 Å². The molecule has 0 spiro atoms. The normalized spacial score (nSPS) is 11.0. The third-order valence-electron chi connectivity index (χ3n) is 5.65. The number of rotatable bonds is 4. The van der Waals surface area contributed by atoms with E-state index in [-0.39, 0.29) is 21.1 Å². The number of aromatic nitrogens is 4. The Morgan fingerprint density at radius 2 is 1.62 bits per heavy atom. The molecule has 0 N–H and O–H groups in total. The van der Waals surface area contributed by atoms with Crippen LogP contribution in [0, 0.1) is 26.0 Å². The Balaban J connectivity index is 0.00000241. The van der Waals surface area contributed by atoms with Crippen LogP contribution in [0.1, 0.15) is 11.4 Å². The predicted molar refractivity (Wildman–Crippen MR) is 129 cm³/mol. The summed E-state index contributed by atoms with van der Waals surface area (Å²) < 4.78 is 10.1. The van der Waals surface area contributed by atoms with Gasteiger partial charge in [-0.1, -0.05) is 35.5 Å². The minimum Gasteiger partial charge on any atom is -0.466 e. The van der Waals surface area contributed by atoms with Crippen molar-refractivity contribution in [1.82, 2.24) is 19.3 Å². The third-order valence-corrected chi connectivity index (χ3v) is 5.65. The zero-order valence-corrected chi connectivity index (χ0v) is 20.9. The van der Waals surface area contributed by atoms with Gasteiger partial charge in [-0.15, -0.1) is 35.7 Å². The molecule has 6 rings (SSSR count). The summed E-state index contributed by atoms with van der Waals surface area (Å²) >= 11 is 0. The minimum absolute atomic E-state index is 0. The monoisotopic (exact) mass is 623 g/mol. The molecule has 3 aromatic heterocycles. The molecular weight excluding hydrogens is 603 g/mol. The van der Waals surface area contributed by atoms with E-state index >= 15 is 0 Å². The molecule has 0 aliphatic carbocycles. The van der Waals surface area contributed by atoms with Crippen LogP contribution in [0.3, 0.4) is 0 Å². The zero-order chi connectivity index (χ0) is 22.4. The molecule has 0 unspecified atom stereocenters. The topological polar surface area (TPSA) is 44.9 Å². The van der Waals surface area contributed by atoms with Gasteiger partial charge >= 0.3 is 21.1 Å². The van der Waals surface area contributed by atoms with Crippen molar-refractivity contribution in [1.29, 1.82) is 0 Å². The third kappa shape index (κ3) is 3.82. The maximum Gasteiger partial charge on any atom is 2.00 e. The predicted octanol–water partition coefficient (Wildman–Crippen LogP) is 6.37. The van der Waals surface area contributed by atoms with Gasteiger partial charge in [0.05, 0.1) is 5.69 Å². The van der Waals surface area contributed by atoms with Crippen molar-refractivity contribution in [3.63, 3.8) is 0 Å². The molecule has 34 heavy (non-hydrogen) atoms. The molecule has 6 heteroatoms. The second kappa shape index (κ2) is 8.92. The van der Waals surface area contributed by atoms with Crippen LogP contribution in [0.2, 0.25) is 0 Å². The Kier molecular flexibility index (Phi) is 5.80. The summed E-state index contributed by atoms with van der Waals surface area (Å²) in [4.78, 5) is 4.27. The molecule has 5 nitrogen and oxygen atoms in total. The first-order valence-corrected chi connectivity index (χ1v) is 10.8. The first-order valence-electron chi connectivity index (χ1n) is 10.8. The standard InChI is InChI=1S/C28H20N4O.Pt/c1-19-16-20(2)32(30-19)22-9-7-8-21(17-22)31-26-11-4-3-10-24(26)25-14-13-23(18-27(25)31)33-28-12-5-6-15-29-28;/h3-16H,1-2H3;/q-2;+2. The van der Waals surface area contributed by atoms with Crippen LogP contribution in [-0.4, -0.2) is 19.3 Å². The van der Waals surface area contributed by atoms with Gasteiger partial charge in [0, 0.05) is 29.2 Å². The average Bonchev–Trinajstić information content (AvgIpc) is 3.35. The van der Waals surface area contributed by atoms with Gasteiger partial charge in [0.15, 0.2) is 0 Å². The van der Waals surface area contributed by atoms with E-state index in [1.807, 2.05) is 54.1 Å². The van der Waals surface area contributed by atoms with Crippen LogP contribution in [-0.2, 0) is 21.1 Å². The first-order chi connectivity index (χ1) is 16.2. The molecular formula is C28H20N4OPt. The number of pyridine rings is 1. The second-order valence-corrected chi connectivity index (χ2v) is 7.97. The Bertz CT molecular complexity index is 1620. The smallest absolute Gasteiger partial charge is 0.466 e. The molecule has 0 saturated heterocycles. The van der Waals surface area contributed by atoms with E-state index in [1.165, 1.54) is 0 Å². The van der Waals surface area contributed by atoms with E-state index in [9.17, 15) is 0 Å². The van der Waals surface area contributed by atoms with Crippen LogP contribution in [0.15, 0.2) is 85.1 Å². The maximum atomic E-state index is 5.98. The Morgan fingerprint density at radius 1 is 0.794 bits per heavy atom. The summed E-state index contributed by atoms with van der Waals surface area (Å²) in [5.74, 6) is 1.15. The Hall–Kier alpha value is -3.69. The molecule has 0 amide bonds. The Labute approximate surface area is 211 Å². The summed E-state index contributed by atoms with van der Waals surface area (Å²) in [5, 5.41) is 6.88. The largest absolute Gasteiger partial charge is 2.00 e. The van der Waals surface area contributed by atoms with Gasteiger partial charge in [-0.3, -0.25) is 4.68 Å². The van der Waals surface area contributed by atoms with Gasteiger partial charge in [0.2, 0.25) is 5.88 Å².